The van der Waals surface area contributed by atoms with Crippen molar-refractivity contribution in [2.45, 2.75) is 19.9 Å². The molecule has 2 aromatic carbocycles. The minimum Gasteiger partial charge on any atom is -0.507 e. The van der Waals surface area contributed by atoms with Crippen LogP contribution >= 0.6 is 0 Å². The summed E-state index contributed by atoms with van der Waals surface area (Å²) in [6.45, 7) is 3.59. The molecule has 1 amide bonds. The Hall–Kier alpha value is -4.13. The van der Waals surface area contributed by atoms with Gasteiger partial charge in [0.05, 0.1) is 24.1 Å². The molecule has 1 aliphatic heterocycles. The van der Waals surface area contributed by atoms with Crippen LogP contribution in [0.5, 0.6) is 11.5 Å². The lowest BCUT2D eigenvalue weighted by atomic mass is 9.96. The molecule has 0 bridgehead atoms. The second-order valence-corrected chi connectivity index (χ2v) is 7.60. The smallest absolute Gasteiger partial charge is 0.300 e. The number of amides is 1. The van der Waals surface area contributed by atoms with Crippen LogP contribution in [0.25, 0.3) is 5.76 Å². The maximum Gasteiger partial charge on any atom is 0.300 e. The third-order valence-corrected chi connectivity index (χ3v) is 5.49. The van der Waals surface area contributed by atoms with Crippen LogP contribution in [0.3, 0.4) is 0 Å². The molecule has 3 aromatic rings. The lowest BCUT2D eigenvalue weighted by Gasteiger charge is -2.25. The van der Waals surface area contributed by atoms with Gasteiger partial charge in [-0.05, 0) is 67.4 Å². The van der Waals surface area contributed by atoms with E-state index in [0.29, 0.717) is 22.6 Å². The fourth-order valence-corrected chi connectivity index (χ4v) is 3.90. The molecular weight excluding hydrogens is 408 g/mol. The topological polar surface area (TPSA) is 100.0 Å². The van der Waals surface area contributed by atoms with Gasteiger partial charge in [0.25, 0.3) is 11.7 Å². The van der Waals surface area contributed by atoms with Gasteiger partial charge in [0, 0.05) is 11.8 Å². The summed E-state index contributed by atoms with van der Waals surface area (Å²) < 4.78 is 5.22. The van der Waals surface area contributed by atoms with Crippen molar-refractivity contribution in [1.82, 2.24) is 4.98 Å². The highest BCUT2D eigenvalue weighted by atomic mass is 16.5. The average molecular weight is 430 g/mol. The van der Waals surface area contributed by atoms with Crippen molar-refractivity contribution >= 4 is 23.1 Å². The van der Waals surface area contributed by atoms with Gasteiger partial charge < -0.3 is 14.9 Å². The molecule has 0 aliphatic carbocycles. The van der Waals surface area contributed by atoms with E-state index < -0.39 is 17.7 Å². The number of aromatic hydroxyl groups is 1. The molecule has 7 nitrogen and oxygen atoms in total. The Labute approximate surface area is 185 Å². The molecule has 1 aliphatic rings. The number of aliphatic hydroxyl groups is 1. The van der Waals surface area contributed by atoms with Gasteiger partial charge in [0.2, 0.25) is 0 Å². The fourth-order valence-electron chi connectivity index (χ4n) is 3.90. The van der Waals surface area contributed by atoms with Gasteiger partial charge in [-0.3, -0.25) is 19.5 Å². The summed E-state index contributed by atoms with van der Waals surface area (Å²) in [4.78, 5) is 31.9. The number of carbonyl (C=O) groups excluding carboxylic acids is 2. The SMILES string of the molecule is COc1ccc(/C(O)=C2/C(=O)C(=O)N(c3cc(C)ccc3O)C2c2ccccn2)c(C)c1. The van der Waals surface area contributed by atoms with Crippen molar-refractivity contribution < 1.29 is 24.5 Å². The lowest BCUT2D eigenvalue weighted by Crippen LogP contribution is -2.30. The standard InChI is InChI=1S/C25H22N2O5/c1-14-7-10-20(28)19(12-14)27-22(18-6-4-5-11-26-18)21(24(30)25(27)31)23(29)17-9-8-16(32-3)13-15(17)2/h4-13,22,28-29H,1-3H3/b23-21-. The Morgan fingerprint density at radius 3 is 2.50 bits per heavy atom. The van der Waals surface area contributed by atoms with Crippen LogP contribution in [-0.4, -0.2) is 34.0 Å². The summed E-state index contributed by atoms with van der Waals surface area (Å²) in [5, 5.41) is 21.7. The van der Waals surface area contributed by atoms with Gasteiger partial charge in [-0.2, -0.15) is 0 Å². The summed E-state index contributed by atoms with van der Waals surface area (Å²) in [5.74, 6) is -1.57. The minimum absolute atomic E-state index is 0.0946. The van der Waals surface area contributed by atoms with E-state index >= 15 is 0 Å². The Bertz CT molecular complexity index is 1250. The van der Waals surface area contributed by atoms with Crippen molar-refractivity contribution in [1.29, 1.82) is 0 Å². The molecule has 1 aromatic heterocycles. The fraction of sp³-hybridized carbons (Fsp3) is 0.160. The molecule has 1 atom stereocenters. The summed E-state index contributed by atoms with van der Waals surface area (Å²) >= 11 is 0. The van der Waals surface area contributed by atoms with Crippen molar-refractivity contribution in [2.75, 3.05) is 12.0 Å². The van der Waals surface area contributed by atoms with E-state index in [1.807, 2.05) is 6.92 Å². The van der Waals surface area contributed by atoms with Gasteiger partial charge in [-0.1, -0.05) is 12.1 Å². The van der Waals surface area contributed by atoms with Crippen LogP contribution in [0.4, 0.5) is 5.69 Å². The van der Waals surface area contributed by atoms with E-state index in [-0.39, 0.29) is 22.8 Å². The summed E-state index contributed by atoms with van der Waals surface area (Å²) in [6, 6.07) is 13.9. The first-order valence-electron chi connectivity index (χ1n) is 10.00. The van der Waals surface area contributed by atoms with Crippen LogP contribution in [0.2, 0.25) is 0 Å². The third-order valence-electron chi connectivity index (χ3n) is 5.49. The molecule has 162 valence electrons. The number of phenols is 1. The number of benzene rings is 2. The molecule has 0 radical (unpaired) electrons. The summed E-state index contributed by atoms with van der Waals surface area (Å²) in [7, 11) is 1.54. The zero-order valence-corrected chi connectivity index (χ0v) is 17.9. The zero-order valence-electron chi connectivity index (χ0n) is 17.9. The second-order valence-electron chi connectivity index (χ2n) is 7.60. The van der Waals surface area contributed by atoms with Gasteiger partial charge in [0.1, 0.15) is 23.3 Å². The molecular formula is C25H22N2O5. The third kappa shape index (κ3) is 3.47. The average Bonchev–Trinajstić information content (AvgIpc) is 3.06. The molecule has 1 unspecified atom stereocenters. The number of ether oxygens (including phenoxy) is 1. The molecule has 32 heavy (non-hydrogen) atoms. The maximum atomic E-state index is 13.2. The van der Waals surface area contributed by atoms with E-state index in [2.05, 4.69) is 4.98 Å². The van der Waals surface area contributed by atoms with Crippen LogP contribution in [0, 0.1) is 13.8 Å². The van der Waals surface area contributed by atoms with E-state index in [1.54, 1.807) is 61.7 Å². The Balaban J connectivity index is 1.97. The van der Waals surface area contributed by atoms with Crippen molar-refractivity contribution in [2.24, 2.45) is 0 Å². The number of aromatic nitrogens is 1. The molecule has 4 rings (SSSR count). The highest BCUT2D eigenvalue weighted by molar-refractivity contribution is 6.51. The molecule has 1 saturated heterocycles. The highest BCUT2D eigenvalue weighted by Gasteiger charge is 2.48. The molecule has 0 saturated carbocycles. The summed E-state index contributed by atoms with van der Waals surface area (Å²) in [6.07, 6.45) is 1.55. The van der Waals surface area contributed by atoms with Crippen LogP contribution in [0.15, 0.2) is 66.4 Å². The highest BCUT2D eigenvalue weighted by Crippen LogP contribution is 2.44. The predicted molar refractivity (Wildman–Crippen MR) is 120 cm³/mol. The van der Waals surface area contributed by atoms with E-state index in [1.165, 1.54) is 18.1 Å². The van der Waals surface area contributed by atoms with E-state index in [9.17, 15) is 19.8 Å². The van der Waals surface area contributed by atoms with Gasteiger partial charge in [-0.25, -0.2) is 0 Å². The number of hydrogen-bond donors (Lipinski definition) is 2. The number of aliphatic hydroxyl groups excluding tert-OH is 1. The Kier molecular flexibility index (Phi) is 5.40. The predicted octanol–water partition coefficient (Wildman–Crippen LogP) is 4.04. The maximum absolute atomic E-state index is 13.2. The summed E-state index contributed by atoms with van der Waals surface area (Å²) in [5.41, 5.74) is 2.34. The van der Waals surface area contributed by atoms with Gasteiger partial charge in [0.15, 0.2) is 0 Å². The monoisotopic (exact) mass is 430 g/mol. The number of hydrogen-bond acceptors (Lipinski definition) is 6. The molecule has 0 spiro atoms. The van der Waals surface area contributed by atoms with E-state index in [0.717, 1.165) is 5.56 Å². The number of Topliss-reactive ketones (excluding diaryl/α,β-unsaturated/α-hetero) is 1. The van der Waals surface area contributed by atoms with Crippen LogP contribution in [-0.2, 0) is 9.59 Å². The molecule has 1 fully saturated rings. The van der Waals surface area contributed by atoms with Crippen molar-refractivity contribution in [3.8, 4) is 11.5 Å². The van der Waals surface area contributed by atoms with Crippen molar-refractivity contribution in [3.63, 3.8) is 0 Å². The first-order chi connectivity index (χ1) is 15.3. The van der Waals surface area contributed by atoms with Crippen LogP contribution in [0.1, 0.15) is 28.4 Å². The number of nitrogens with zero attached hydrogens (tertiary/aromatic N) is 2. The number of rotatable bonds is 4. The number of ketones is 1. The van der Waals surface area contributed by atoms with Gasteiger partial charge >= 0.3 is 0 Å². The normalized spacial score (nSPS) is 17.6. The first-order valence-corrected chi connectivity index (χ1v) is 10.00. The second kappa shape index (κ2) is 8.19. The minimum atomic E-state index is -1.01. The lowest BCUT2D eigenvalue weighted by molar-refractivity contribution is -0.132. The quantitative estimate of drug-likeness (QED) is 0.368. The zero-order chi connectivity index (χ0) is 23.0. The number of aryl methyl sites for hydroxylation is 2. The largest absolute Gasteiger partial charge is 0.507 e. The molecule has 2 N–H and O–H groups in total. The number of carbonyl (C=O) groups is 2. The van der Waals surface area contributed by atoms with Crippen LogP contribution < -0.4 is 9.64 Å². The number of phenolic OH excluding ortho intramolecular Hbond substituents is 1. The number of pyridine rings is 1. The first kappa shape index (κ1) is 21.1. The Morgan fingerprint density at radius 1 is 1.06 bits per heavy atom. The van der Waals surface area contributed by atoms with E-state index in [4.69, 9.17) is 4.74 Å². The number of anilines is 1. The molecule has 2 heterocycles. The number of methoxy groups -OCH3 is 1. The van der Waals surface area contributed by atoms with Gasteiger partial charge in [-0.15, -0.1) is 0 Å². The van der Waals surface area contributed by atoms with Crippen molar-refractivity contribution in [3.05, 3.63) is 88.8 Å². The molecule has 7 heteroatoms. The Morgan fingerprint density at radius 2 is 1.84 bits per heavy atom.